The Kier molecular flexibility index (Phi) is 2.16. The Morgan fingerprint density at radius 3 is 2.25 bits per heavy atom. The highest BCUT2D eigenvalue weighted by Gasteiger charge is 2.85. The fourth-order valence-electron chi connectivity index (χ4n) is 1.72. The molecule has 4 nitrogen and oxygen atoms in total. The second-order valence-corrected chi connectivity index (χ2v) is 6.47. The molecule has 0 radical (unpaired) electrons. The van der Waals surface area contributed by atoms with Crippen molar-refractivity contribution in [1.29, 1.82) is 0 Å². The van der Waals surface area contributed by atoms with Crippen LogP contribution in [0.2, 0.25) is 0 Å². The first-order valence-electron chi connectivity index (χ1n) is 3.98. The lowest BCUT2D eigenvalue weighted by Crippen LogP contribution is -2.21. The molecule has 1 rings (SSSR count). The minimum Gasteiger partial charge on any atom is -0.357 e. The van der Waals surface area contributed by atoms with E-state index in [0.717, 1.165) is 6.42 Å². The van der Waals surface area contributed by atoms with E-state index in [1.54, 1.807) is 6.92 Å². The van der Waals surface area contributed by atoms with Crippen LogP contribution in [0.25, 0.3) is 0 Å². The van der Waals surface area contributed by atoms with Crippen LogP contribution in [0, 0.1) is 0 Å². The van der Waals surface area contributed by atoms with E-state index in [1.165, 1.54) is 7.11 Å². The van der Waals surface area contributed by atoms with Gasteiger partial charge < -0.3 is 14.7 Å². The Morgan fingerprint density at radius 1 is 1.50 bits per heavy atom. The van der Waals surface area contributed by atoms with Crippen LogP contribution in [0.5, 0.6) is 0 Å². The molecule has 0 aromatic carbocycles. The van der Waals surface area contributed by atoms with Gasteiger partial charge in [0.1, 0.15) is 5.16 Å². The molecule has 72 valence electrons. The van der Waals surface area contributed by atoms with E-state index in [4.69, 9.17) is 0 Å². The second-order valence-electron chi connectivity index (χ2n) is 3.39. The Bertz CT molecular complexity index is 238. The van der Waals surface area contributed by atoms with Gasteiger partial charge in [0.2, 0.25) is 0 Å². The molecule has 1 heterocycles. The molecule has 0 aliphatic carbocycles. The predicted molar refractivity (Wildman–Crippen MR) is 45.1 cm³/mol. The van der Waals surface area contributed by atoms with E-state index in [9.17, 15) is 14.8 Å². The molecule has 2 N–H and O–H groups in total. The van der Waals surface area contributed by atoms with Gasteiger partial charge in [-0.25, -0.2) is 0 Å². The van der Waals surface area contributed by atoms with Crippen LogP contribution in [-0.4, -0.2) is 28.0 Å². The van der Waals surface area contributed by atoms with Crippen LogP contribution in [0.15, 0.2) is 0 Å². The Hall–Kier alpha value is 0.110. The van der Waals surface area contributed by atoms with Crippen LogP contribution in [0.3, 0.4) is 0 Å². The Morgan fingerprint density at radius 2 is 2.00 bits per heavy atom. The molecule has 1 fully saturated rings. The van der Waals surface area contributed by atoms with E-state index < -0.39 is 18.1 Å². The predicted octanol–water partition coefficient (Wildman–Crippen LogP) is 1.12. The summed E-state index contributed by atoms with van der Waals surface area (Å²) in [6.45, 7) is 3.49. The monoisotopic (exact) mass is 194 g/mol. The molecule has 1 saturated heterocycles. The van der Waals surface area contributed by atoms with Crippen LogP contribution in [-0.2, 0) is 9.09 Å². The first-order valence-corrected chi connectivity index (χ1v) is 5.60. The zero-order valence-electron chi connectivity index (χ0n) is 7.57. The lowest BCUT2D eigenvalue weighted by molar-refractivity contribution is -0.0700. The summed E-state index contributed by atoms with van der Waals surface area (Å²) in [5.74, 6) is 0. The third-order valence-electron chi connectivity index (χ3n) is 2.73. The highest BCUT2D eigenvalue weighted by molar-refractivity contribution is 7.70. The maximum absolute atomic E-state index is 11.7. The molecular weight excluding hydrogens is 179 g/mol. The molecule has 0 bridgehead atoms. The molecule has 2 unspecified atom stereocenters. The molecule has 0 aromatic rings. The van der Waals surface area contributed by atoms with Crippen molar-refractivity contribution < 1.29 is 19.3 Å². The molecule has 5 heteroatoms. The number of hydrogen-bond acceptors (Lipinski definition) is 4. The van der Waals surface area contributed by atoms with Crippen molar-refractivity contribution in [1.82, 2.24) is 0 Å². The standard InChI is InChI=1S/C7H15O4P/c1-4-5-6(2)7(8,9)12(6,10)11-3/h8-9H,4-5H2,1-3H3. The van der Waals surface area contributed by atoms with Crippen molar-refractivity contribution in [3.63, 3.8) is 0 Å². The van der Waals surface area contributed by atoms with Crippen LogP contribution < -0.4 is 0 Å². The smallest absolute Gasteiger partial charge is 0.272 e. The van der Waals surface area contributed by atoms with Gasteiger partial charge in [-0.2, -0.15) is 0 Å². The van der Waals surface area contributed by atoms with Crippen molar-refractivity contribution in [2.75, 3.05) is 7.11 Å². The number of hydrogen-bond donors (Lipinski definition) is 2. The third kappa shape index (κ3) is 0.814. The first-order chi connectivity index (χ1) is 5.37. The lowest BCUT2D eigenvalue weighted by atomic mass is 10.1. The van der Waals surface area contributed by atoms with Crippen molar-refractivity contribution in [2.24, 2.45) is 0 Å². The molecule has 0 amide bonds. The molecule has 0 aromatic heterocycles. The number of rotatable bonds is 3. The molecule has 1 aliphatic rings. The van der Waals surface area contributed by atoms with E-state index >= 15 is 0 Å². The van der Waals surface area contributed by atoms with E-state index in [1.807, 2.05) is 6.92 Å². The van der Waals surface area contributed by atoms with Gasteiger partial charge in [-0.3, -0.25) is 4.57 Å². The number of aliphatic hydroxyl groups is 2. The fourth-order valence-corrected chi connectivity index (χ4v) is 4.45. The average Bonchev–Trinajstić information content (AvgIpc) is 2.32. The second kappa shape index (κ2) is 2.55. The molecule has 1 aliphatic heterocycles. The third-order valence-corrected chi connectivity index (χ3v) is 6.17. The minimum atomic E-state index is -3.23. The van der Waals surface area contributed by atoms with Crippen molar-refractivity contribution in [3.8, 4) is 0 Å². The van der Waals surface area contributed by atoms with E-state index in [0.29, 0.717) is 6.42 Å². The van der Waals surface area contributed by atoms with Gasteiger partial charge in [-0.15, -0.1) is 0 Å². The quantitative estimate of drug-likeness (QED) is 0.522. The van der Waals surface area contributed by atoms with Crippen molar-refractivity contribution in [3.05, 3.63) is 0 Å². The van der Waals surface area contributed by atoms with E-state index in [2.05, 4.69) is 4.52 Å². The fraction of sp³-hybridized carbons (Fsp3) is 1.00. The molecule has 0 saturated carbocycles. The molecule has 12 heavy (non-hydrogen) atoms. The molecular formula is C7H15O4P. The highest BCUT2D eigenvalue weighted by atomic mass is 31.2. The topological polar surface area (TPSA) is 66.8 Å². The van der Waals surface area contributed by atoms with Crippen LogP contribution in [0.1, 0.15) is 26.7 Å². The molecule has 2 atom stereocenters. The zero-order chi connectivity index (χ0) is 9.62. The van der Waals surface area contributed by atoms with Crippen LogP contribution >= 0.6 is 7.37 Å². The normalized spacial score (nSPS) is 44.4. The van der Waals surface area contributed by atoms with Gasteiger partial charge >= 0.3 is 0 Å². The summed E-state index contributed by atoms with van der Waals surface area (Å²) >= 11 is 0. The average molecular weight is 194 g/mol. The summed E-state index contributed by atoms with van der Waals surface area (Å²) in [5, 5.41) is 17.8. The van der Waals surface area contributed by atoms with Gasteiger partial charge in [-0.1, -0.05) is 13.3 Å². The first kappa shape index (κ1) is 10.2. The summed E-state index contributed by atoms with van der Waals surface area (Å²) in [6, 6.07) is 0. The van der Waals surface area contributed by atoms with Crippen molar-refractivity contribution in [2.45, 2.75) is 37.4 Å². The molecule has 0 spiro atoms. The SMILES string of the molecule is CCCC1(C)C(O)(O)P1(=O)OC. The van der Waals surface area contributed by atoms with Gasteiger partial charge in [0.05, 0.1) is 0 Å². The lowest BCUT2D eigenvalue weighted by Gasteiger charge is -2.05. The maximum atomic E-state index is 11.7. The highest BCUT2D eigenvalue weighted by Crippen LogP contribution is 2.88. The summed E-state index contributed by atoms with van der Waals surface area (Å²) in [5.41, 5.74) is -2.11. The van der Waals surface area contributed by atoms with Gasteiger partial charge in [0.25, 0.3) is 12.9 Å². The van der Waals surface area contributed by atoms with Gasteiger partial charge in [0.15, 0.2) is 0 Å². The van der Waals surface area contributed by atoms with Gasteiger partial charge in [0, 0.05) is 7.11 Å². The Labute approximate surface area is 72.0 Å². The summed E-state index contributed by atoms with van der Waals surface area (Å²) in [6.07, 6.45) is 1.26. The summed E-state index contributed by atoms with van der Waals surface area (Å²) < 4.78 is 16.4. The van der Waals surface area contributed by atoms with Crippen molar-refractivity contribution >= 4 is 7.37 Å². The largest absolute Gasteiger partial charge is 0.357 e. The minimum absolute atomic E-state index is 0.505. The van der Waals surface area contributed by atoms with E-state index in [-0.39, 0.29) is 0 Å². The maximum Gasteiger partial charge on any atom is 0.272 e. The van der Waals surface area contributed by atoms with Gasteiger partial charge in [-0.05, 0) is 13.3 Å². The zero-order valence-corrected chi connectivity index (χ0v) is 8.47. The Balaban J connectivity index is 2.91. The summed E-state index contributed by atoms with van der Waals surface area (Å²) in [4.78, 5) is 0. The van der Waals surface area contributed by atoms with Crippen LogP contribution in [0.4, 0.5) is 0 Å². The summed E-state index contributed by atoms with van der Waals surface area (Å²) in [7, 11) is -1.97.